The average Bonchev–Trinajstić information content (AvgIpc) is 3.02. The van der Waals surface area contributed by atoms with E-state index in [1.807, 2.05) is 25.1 Å². The van der Waals surface area contributed by atoms with Gasteiger partial charge in [-0.15, -0.1) is 0 Å². The molecule has 0 bridgehead atoms. The third-order valence-electron chi connectivity index (χ3n) is 4.54. The minimum atomic E-state index is -0.365. The Labute approximate surface area is 165 Å². The minimum Gasteiger partial charge on any atom is -0.332 e. The molecule has 2 heterocycles. The summed E-state index contributed by atoms with van der Waals surface area (Å²) >= 11 is 1.38. The summed E-state index contributed by atoms with van der Waals surface area (Å²) in [5.74, 6) is -0.916. The fourth-order valence-corrected chi connectivity index (χ4v) is 4.13. The van der Waals surface area contributed by atoms with Gasteiger partial charge in [0.15, 0.2) is 5.13 Å². The second-order valence-electron chi connectivity index (χ2n) is 6.70. The van der Waals surface area contributed by atoms with E-state index in [1.54, 1.807) is 31.3 Å². The molecule has 1 aliphatic heterocycles. The third-order valence-corrected chi connectivity index (χ3v) is 5.47. The van der Waals surface area contributed by atoms with Crippen molar-refractivity contribution in [1.29, 1.82) is 0 Å². The van der Waals surface area contributed by atoms with Crippen LogP contribution in [0.3, 0.4) is 0 Å². The Morgan fingerprint density at radius 1 is 1.21 bits per heavy atom. The molecule has 0 saturated heterocycles. The van der Waals surface area contributed by atoms with Gasteiger partial charge in [0.2, 0.25) is 11.8 Å². The van der Waals surface area contributed by atoms with Gasteiger partial charge < -0.3 is 15.1 Å². The van der Waals surface area contributed by atoms with Gasteiger partial charge in [0.1, 0.15) is 13.1 Å². The molecule has 0 atom stereocenters. The van der Waals surface area contributed by atoms with E-state index in [2.05, 4.69) is 10.3 Å². The monoisotopic (exact) mass is 394 g/mol. The number of aryl methyl sites for hydroxylation is 1. The summed E-state index contributed by atoms with van der Waals surface area (Å²) in [5.41, 5.74) is 2.78. The van der Waals surface area contributed by atoms with Crippen molar-refractivity contribution in [2.24, 2.45) is 0 Å². The maximum atomic E-state index is 12.6. The number of amides is 3. The summed E-state index contributed by atoms with van der Waals surface area (Å²) in [7, 11) is 1.57. The quantitative estimate of drug-likeness (QED) is 0.740. The Kier molecular flexibility index (Phi) is 4.56. The molecule has 7 nitrogen and oxygen atoms in total. The summed E-state index contributed by atoms with van der Waals surface area (Å²) in [6.07, 6.45) is 0. The van der Waals surface area contributed by atoms with E-state index in [-0.39, 0.29) is 30.8 Å². The number of benzene rings is 2. The van der Waals surface area contributed by atoms with Crippen molar-refractivity contribution in [1.82, 2.24) is 9.88 Å². The maximum absolute atomic E-state index is 12.6. The molecule has 28 heavy (non-hydrogen) atoms. The lowest BCUT2D eigenvalue weighted by Gasteiger charge is -2.21. The van der Waals surface area contributed by atoms with Gasteiger partial charge in [-0.25, -0.2) is 4.98 Å². The zero-order chi connectivity index (χ0) is 19.8. The highest BCUT2D eigenvalue weighted by Gasteiger charge is 2.30. The van der Waals surface area contributed by atoms with Gasteiger partial charge in [0.05, 0.1) is 21.5 Å². The topological polar surface area (TPSA) is 82.6 Å². The van der Waals surface area contributed by atoms with Crippen LogP contribution in [0, 0.1) is 6.92 Å². The first kappa shape index (κ1) is 18.1. The van der Waals surface area contributed by atoms with Crippen LogP contribution in [0.1, 0.15) is 15.9 Å². The second-order valence-corrected chi connectivity index (χ2v) is 7.73. The summed E-state index contributed by atoms with van der Waals surface area (Å²) in [6.45, 7) is 1.73. The number of hydrogen-bond acceptors (Lipinski definition) is 5. The Morgan fingerprint density at radius 3 is 2.82 bits per heavy atom. The highest BCUT2D eigenvalue weighted by molar-refractivity contribution is 7.22. The van der Waals surface area contributed by atoms with Crippen LogP contribution in [0.15, 0.2) is 42.5 Å². The largest absolute Gasteiger partial charge is 0.332 e. The molecule has 0 unspecified atom stereocenters. The number of aromatic nitrogens is 1. The van der Waals surface area contributed by atoms with Crippen molar-refractivity contribution in [3.8, 4) is 0 Å². The summed E-state index contributed by atoms with van der Waals surface area (Å²) in [6, 6.07) is 12.7. The van der Waals surface area contributed by atoms with E-state index in [1.165, 1.54) is 21.1 Å². The summed E-state index contributed by atoms with van der Waals surface area (Å²) < 4.78 is 0.985. The lowest BCUT2D eigenvalue weighted by atomic mass is 10.1. The summed E-state index contributed by atoms with van der Waals surface area (Å²) in [4.78, 5) is 44.8. The van der Waals surface area contributed by atoms with Gasteiger partial charge in [-0.3, -0.25) is 14.4 Å². The number of carbonyl (C=O) groups is 3. The first-order valence-electron chi connectivity index (χ1n) is 8.74. The molecular weight excluding hydrogens is 376 g/mol. The van der Waals surface area contributed by atoms with Crippen LogP contribution in [-0.4, -0.2) is 47.7 Å². The van der Waals surface area contributed by atoms with Crippen molar-refractivity contribution in [2.75, 3.05) is 30.4 Å². The van der Waals surface area contributed by atoms with Crippen LogP contribution in [-0.2, 0) is 9.59 Å². The molecule has 1 N–H and O–H groups in total. The molecule has 0 spiro atoms. The van der Waals surface area contributed by atoms with Crippen molar-refractivity contribution >= 4 is 50.1 Å². The molecule has 3 aromatic rings. The molecule has 3 amide bonds. The normalized spacial score (nSPS) is 14.2. The lowest BCUT2D eigenvalue weighted by Crippen LogP contribution is -2.41. The van der Waals surface area contributed by atoms with E-state index in [4.69, 9.17) is 0 Å². The molecule has 0 aliphatic carbocycles. The number of fused-ring (bicyclic) bond motifs is 2. The number of thiazole rings is 1. The van der Waals surface area contributed by atoms with E-state index in [9.17, 15) is 14.4 Å². The Morgan fingerprint density at radius 2 is 2.00 bits per heavy atom. The van der Waals surface area contributed by atoms with E-state index in [0.29, 0.717) is 16.4 Å². The molecule has 8 heteroatoms. The molecule has 142 valence electrons. The lowest BCUT2D eigenvalue weighted by molar-refractivity contribution is -0.121. The van der Waals surface area contributed by atoms with Crippen LogP contribution >= 0.6 is 11.3 Å². The van der Waals surface area contributed by atoms with Crippen LogP contribution < -0.4 is 10.2 Å². The number of rotatable bonds is 3. The standard InChI is InChI=1S/C20H18N4O3S/c1-12-7-8-14-16(9-12)28-20(21-14)22-17(25)10-24-15-6-4-3-5-13(15)19(27)23(2)11-18(24)26/h3-9H,10-11H2,1-2H3,(H,21,22,25). The molecule has 0 fully saturated rings. The van der Waals surface area contributed by atoms with Crippen LogP contribution in [0.25, 0.3) is 10.2 Å². The van der Waals surface area contributed by atoms with Crippen LogP contribution in [0.2, 0.25) is 0 Å². The molecule has 0 saturated carbocycles. The Hall–Kier alpha value is -3.26. The Bertz CT molecular complexity index is 1110. The smallest absolute Gasteiger partial charge is 0.256 e. The van der Waals surface area contributed by atoms with E-state index in [0.717, 1.165) is 15.8 Å². The van der Waals surface area contributed by atoms with Crippen molar-refractivity contribution < 1.29 is 14.4 Å². The van der Waals surface area contributed by atoms with Gasteiger partial charge in [-0.05, 0) is 36.8 Å². The number of nitrogens with zero attached hydrogens (tertiary/aromatic N) is 3. The predicted molar refractivity (Wildman–Crippen MR) is 109 cm³/mol. The number of carbonyl (C=O) groups excluding carboxylic acids is 3. The average molecular weight is 394 g/mol. The van der Waals surface area contributed by atoms with Gasteiger partial charge >= 0.3 is 0 Å². The zero-order valence-corrected chi connectivity index (χ0v) is 16.2. The fourth-order valence-electron chi connectivity index (χ4n) is 3.15. The van der Waals surface area contributed by atoms with Crippen LogP contribution in [0.5, 0.6) is 0 Å². The number of likely N-dealkylation sites (N-methyl/N-ethyl adjacent to an activating group) is 1. The molecular formula is C20H18N4O3S. The number of para-hydroxylation sites is 1. The molecule has 4 rings (SSSR count). The number of nitrogens with one attached hydrogen (secondary N) is 1. The maximum Gasteiger partial charge on any atom is 0.256 e. The third kappa shape index (κ3) is 3.34. The van der Waals surface area contributed by atoms with Gasteiger partial charge in [-0.1, -0.05) is 29.5 Å². The minimum absolute atomic E-state index is 0.0821. The predicted octanol–water partition coefficient (Wildman–Crippen LogP) is 2.66. The van der Waals surface area contributed by atoms with E-state index >= 15 is 0 Å². The van der Waals surface area contributed by atoms with Crippen LogP contribution in [0.4, 0.5) is 10.8 Å². The van der Waals surface area contributed by atoms with E-state index < -0.39 is 0 Å². The van der Waals surface area contributed by atoms with Crippen molar-refractivity contribution in [2.45, 2.75) is 6.92 Å². The highest BCUT2D eigenvalue weighted by Crippen LogP contribution is 2.28. The second kappa shape index (κ2) is 7.05. The molecule has 1 aliphatic rings. The van der Waals surface area contributed by atoms with Crippen molar-refractivity contribution in [3.63, 3.8) is 0 Å². The van der Waals surface area contributed by atoms with Crippen molar-refractivity contribution in [3.05, 3.63) is 53.6 Å². The molecule has 1 aromatic heterocycles. The highest BCUT2D eigenvalue weighted by atomic mass is 32.1. The SMILES string of the molecule is Cc1ccc2nc(NC(=O)CN3C(=O)CN(C)C(=O)c4ccccc43)sc2c1. The van der Waals surface area contributed by atoms with Gasteiger partial charge in [0.25, 0.3) is 5.91 Å². The first-order valence-corrected chi connectivity index (χ1v) is 9.56. The fraction of sp³-hybridized carbons (Fsp3) is 0.200. The number of hydrogen-bond donors (Lipinski definition) is 1. The first-order chi connectivity index (χ1) is 13.4. The Balaban J connectivity index is 1.58. The summed E-state index contributed by atoms with van der Waals surface area (Å²) in [5, 5.41) is 3.25. The molecule has 2 aromatic carbocycles. The number of anilines is 2. The molecule has 0 radical (unpaired) electrons. The van der Waals surface area contributed by atoms with Gasteiger partial charge in [-0.2, -0.15) is 0 Å². The zero-order valence-electron chi connectivity index (χ0n) is 15.4. The van der Waals surface area contributed by atoms with Gasteiger partial charge in [0, 0.05) is 7.05 Å².